The normalized spacial score (nSPS) is 26.5. The number of anilines is 1. The molecule has 4 rings (SSSR count). The number of phenolic OH excluding ortho intramolecular Hbond substituents is 1. The number of aliphatic hydroxyl groups excluding tert-OH is 2. The van der Waals surface area contributed by atoms with E-state index in [9.17, 15) is 48.0 Å². The van der Waals surface area contributed by atoms with Crippen LogP contribution in [0.2, 0.25) is 0 Å². The number of nitrogens with two attached hydrogens (primary N) is 1. The maximum atomic E-state index is 14.1. The van der Waals surface area contributed by atoms with Crippen LogP contribution in [-0.2, 0) is 27.3 Å². The average molecular weight is 611 g/mol. The number of benzene rings is 1. The molecule has 11 nitrogen and oxygen atoms in total. The van der Waals surface area contributed by atoms with Gasteiger partial charge in [0.05, 0.1) is 18.0 Å². The first-order valence-electron chi connectivity index (χ1n) is 13.7. The number of amides is 1. The first-order valence-corrected chi connectivity index (χ1v) is 13.7. The summed E-state index contributed by atoms with van der Waals surface area (Å²) in [7, 11) is 7.93. The topological polar surface area (TPSA) is 168 Å². The number of carbonyl (C=O) groups excluding carboxylic acids is 3. The van der Waals surface area contributed by atoms with E-state index in [1.165, 1.54) is 37.9 Å². The zero-order chi connectivity index (χ0) is 32.5. The van der Waals surface area contributed by atoms with E-state index in [0.717, 1.165) is 0 Å². The summed E-state index contributed by atoms with van der Waals surface area (Å²) < 4.78 is 39.1. The molecule has 1 aromatic rings. The number of nitrogens with zero attached hydrogens (tertiary/aromatic N) is 3. The van der Waals surface area contributed by atoms with E-state index in [1.807, 2.05) is 0 Å². The van der Waals surface area contributed by atoms with Gasteiger partial charge >= 0.3 is 6.18 Å². The van der Waals surface area contributed by atoms with Crippen LogP contribution in [0.25, 0.3) is 5.76 Å². The lowest BCUT2D eigenvalue weighted by Gasteiger charge is -2.50. The number of phenols is 1. The first-order chi connectivity index (χ1) is 19.7. The molecular formula is C29H37F3N4O7. The number of halogens is 3. The van der Waals surface area contributed by atoms with E-state index in [0.29, 0.717) is 11.3 Å². The Labute approximate surface area is 246 Å². The van der Waals surface area contributed by atoms with Crippen LogP contribution in [0.5, 0.6) is 5.75 Å². The average Bonchev–Trinajstić information content (AvgIpc) is 2.86. The monoisotopic (exact) mass is 610 g/mol. The predicted octanol–water partition coefficient (Wildman–Crippen LogP) is 1.80. The Bertz CT molecular complexity index is 1450. The van der Waals surface area contributed by atoms with Crippen LogP contribution in [0.15, 0.2) is 23.0 Å². The molecule has 1 saturated carbocycles. The first kappa shape index (κ1) is 32.3. The van der Waals surface area contributed by atoms with Crippen molar-refractivity contribution in [1.29, 1.82) is 0 Å². The SMILES string of the molecule is CC(CC(F)(F)F)N(C)Cc1cc(N(C)C)c2c(c1O)C(O)=C1C(=O)C3(O)C(O)=C(C(N)=O)C(=O)C(N(C)C)C3CC1C2. The van der Waals surface area contributed by atoms with E-state index < -0.39 is 82.4 Å². The van der Waals surface area contributed by atoms with Gasteiger partial charge in [-0.1, -0.05) is 0 Å². The zero-order valence-corrected chi connectivity index (χ0v) is 24.8. The number of rotatable bonds is 7. The lowest BCUT2D eigenvalue weighted by atomic mass is 9.57. The molecule has 0 bridgehead atoms. The van der Waals surface area contributed by atoms with Crippen molar-refractivity contribution in [2.45, 2.75) is 56.6 Å². The smallest absolute Gasteiger partial charge is 0.390 e. The summed E-state index contributed by atoms with van der Waals surface area (Å²) in [6.45, 7) is 1.27. The van der Waals surface area contributed by atoms with E-state index in [4.69, 9.17) is 5.73 Å². The van der Waals surface area contributed by atoms with Gasteiger partial charge in [0.1, 0.15) is 22.8 Å². The van der Waals surface area contributed by atoms with Crippen LogP contribution < -0.4 is 10.6 Å². The van der Waals surface area contributed by atoms with E-state index in [2.05, 4.69) is 0 Å². The summed E-state index contributed by atoms with van der Waals surface area (Å²) in [6.07, 6.45) is -5.45. The third-order valence-corrected chi connectivity index (χ3v) is 8.96. The molecule has 3 aliphatic rings. The fourth-order valence-electron chi connectivity index (χ4n) is 6.78. The molecule has 236 valence electrons. The highest BCUT2D eigenvalue weighted by Crippen LogP contribution is 2.54. The summed E-state index contributed by atoms with van der Waals surface area (Å²) in [6, 6.07) is -0.519. The minimum Gasteiger partial charge on any atom is -0.508 e. The molecule has 0 spiro atoms. The third-order valence-electron chi connectivity index (χ3n) is 8.96. The number of ketones is 2. The Balaban J connectivity index is 1.90. The quantitative estimate of drug-likeness (QED) is 0.287. The summed E-state index contributed by atoms with van der Waals surface area (Å²) in [5.74, 6) is -7.55. The number of fused-ring (bicyclic) bond motifs is 3. The Morgan fingerprint density at radius 3 is 2.26 bits per heavy atom. The van der Waals surface area contributed by atoms with Gasteiger partial charge in [0.2, 0.25) is 5.78 Å². The Hall–Kier alpha value is -3.62. The second-order valence-electron chi connectivity index (χ2n) is 12.2. The maximum absolute atomic E-state index is 14.1. The van der Waals surface area contributed by atoms with E-state index in [-0.39, 0.29) is 36.1 Å². The molecule has 3 aliphatic carbocycles. The van der Waals surface area contributed by atoms with Gasteiger partial charge in [-0.15, -0.1) is 0 Å². The fourth-order valence-corrected chi connectivity index (χ4v) is 6.78. The Morgan fingerprint density at radius 1 is 1.14 bits per heavy atom. The molecule has 43 heavy (non-hydrogen) atoms. The van der Waals surface area contributed by atoms with Crippen molar-refractivity contribution in [1.82, 2.24) is 9.80 Å². The second kappa shape index (κ2) is 10.8. The van der Waals surface area contributed by atoms with Crippen molar-refractivity contribution < 1.29 is 48.0 Å². The minimum atomic E-state index is -4.40. The lowest BCUT2D eigenvalue weighted by molar-refractivity contribution is -0.153. The fraction of sp³-hybridized carbons (Fsp3) is 0.552. The van der Waals surface area contributed by atoms with Crippen molar-refractivity contribution >= 4 is 28.9 Å². The predicted molar refractivity (Wildman–Crippen MR) is 150 cm³/mol. The number of primary amides is 1. The van der Waals surface area contributed by atoms with Crippen LogP contribution in [-0.4, -0.2) is 107 Å². The molecule has 0 aliphatic heterocycles. The van der Waals surface area contributed by atoms with Gasteiger partial charge < -0.3 is 31.1 Å². The standard InChI is InChI=1S/C29H37F3N4O7/c1-12(10-28(30,31)32)36(6)11-14-9-17(34(2)3)15-7-13-8-16-21(35(4)5)24(39)20(27(33)42)26(41)29(16,43)25(40)18(13)23(38)19(15)22(14)37/h9,12-13,16,21,37-38,41,43H,7-8,10-11H2,1-6H3,(H2,33,42). The van der Waals surface area contributed by atoms with Crippen molar-refractivity contribution in [2.24, 2.45) is 17.6 Å². The number of aliphatic hydroxyl groups is 3. The summed E-state index contributed by atoms with van der Waals surface area (Å²) in [4.78, 5) is 44.0. The molecule has 0 heterocycles. The Morgan fingerprint density at radius 2 is 1.74 bits per heavy atom. The minimum absolute atomic E-state index is 0.0567. The summed E-state index contributed by atoms with van der Waals surface area (Å²) in [5.41, 5.74) is 2.46. The van der Waals surface area contributed by atoms with Gasteiger partial charge in [-0.2, -0.15) is 13.2 Å². The molecule has 14 heteroatoms. The van der Waals surface area contributed by atoms with Crippen LogP contribution in [0.4, 0.5) is 18.9 Å². The number of alkyl halides is 3. The lowest BCUT2D eigenvalue weighted by Crippen LogP contribution is -2.65. The molecule has 0 saturated heterocycles. The third kappa shape index (κ3) is 5.14. The maximum Gasteiger partial charge on any atom is 0.390 e. The summed E-state index contributed by atoms with van der Waals surface area (Å²) in [5, 5.41) is 45.7. The molecular weight excluding hydrogens is 573 g/mol. The number of hydrogen-bond donors (Lipinski definition) is 5. The van der Waals surface area contributed by atoms with Crippen LogP contribution in [0, 0.1) is 11.8 Å². The number of hydrogen-bond acceptors (Lipinski definition) is 10. The van der Waals surface area contributed by atoms with Crippen LogP contribution in [0.3, 0.4) is 0 Å². The van der Waals surface area contributed by atoms with Gasteiger partial charge in [-0.3, -0.25) is 24.2 Å². The van der Waals surface area contributed by atoms with Gasteiger partial charge in [-0.25, -0.2) is 0 Å². The molecule has 1 amide bonds. The molecule has 0 aromatic heterocycles. The molecule has 1 aromatic carbocycles. The number of Topliss-reactive ketones (excluding diaryl/α,β-unsaturated/α-hetero) is 2. The number of likely N-dealkylation sites (N-methyl/N-ethyl adjacent to an activating group) is 1. The van der Waals surface area contributed by atoms with Gasteiger partial charge in [0.25, 0.3) is 5.91 Å². The zero-order valence-electron chi connectivity index (χ0n) is 24.8. The van der Waals surface area contributed by atoms with Crippen LogP contribution in [0.1, 0.15) is 36.5 Å². The molecule has 5 atom stereocenters. The molecule has 0 radical (unpaired) electrons. The highest BCUT2D eigenvalue weighted by atomic mass is 19.4. The molecule has 5 unspecified atom stereocenters. The van der Waals surface area contributed by atoms with Gasteiger partial charge in [0.15, 0.2) is 11.4 Å². The van der Waals surface area contributed by atoms with Gasteiger partial charge in [0, 0.05) is 49.4 Å². The summed E-state index contributed by atoms with van der Waals surface area (Å²) >= 11 is 0. The van der Waals surface area contributed by atoms with Crippen LogP contribution >= 0.6 is 0 Å². The highest BCUT2D eigenvalue weighted by Gasteiger charge is 2.64. The molecule has 6 N–H and O–H groups in total. The van der Waals surface area contributed by atoms with Crippen molar-refractivity contribution in [3.63, 3.8) is 0 Å². The van der Waals surface area contributed by atoms with Crippen molar-refractivity contribution in [2.75, 3.05) is 40.1 Å². The van der Waals surface area contributed by atoms with E-state index in [1.54, 1.807) is 25.1 Å². The Kier molecular flexibility index (Phi) is 8.13. The van der Waals surface area contributed by atoms with E-state index >= 15 is 0 Å². The van der Waals surface area contributed by atoms with Crippen molar-refractivity contribution in [3.8, 4) is 5.75 Å². The highest BCUT2D eigenvalue weighted by molar-refractivity contribution is 6.24. The largest absolute Gasteiger partial charge is 0.508 e. The molecule has 1 fully saturated rings. The number of carbonyl (C=O) groups is 3. The second-order valence-corrected chi connectivity index (χ2v) is 12.2. The van der Waals surface area contributed by atoms with Crippen molar-refractivity contribution in [3.05, 3.63) is 39.7 Å². The van der Waals surface area contributed by atoms with Gasteiger partial charge in [-0.05, 0) is 58.5 Å². The number of aromatic hydroxyl groups is 1.